The number of piperidine rings is 1. The summed E-state index contributed by atoms with van der Waals surface area (Å²) in [7, 11) is 0. The lowest BCUT2D eigenvalue weighted by Crippen LogP contribution is -2.45. The fraction of sp³-hybridized carbons (Fsp3) is 0.529. The van der Waals surface area contributed by atoms with Crippen molar-refractivity contribution in [2.75, 3.05) is 26.2 Å². The maximum atomic E-state index is 12.8. The van der Waals surface area contributed by atoms with Crippen molar-refractivity contribution in [2.24, 2.45) is 5.92 Å². The summed E-state index contributed by atoms with van der Waals surface area (Å²) in [6, 6.07) is 5.99. The molecule has 23 heavy (non-hydrogen) atoms. The largest absolute Gasteiger partial charge is 0.350 e. The van der Waals surface area contributed by atoms with Gasteiger partial charge in [0.25, 0.3) is 0 Å². The summed E-state index contributed by atoms with van der Waals surface area (Å²) in [6.07, 6.45) is 1.65. The Balaban J connectivity index is 1.81. The van der Waals surface area contributed by atoms with Gasteiger partial charge < -0.3 is 15.5 Å². The SMILES string of the molecule is CCN(CC(=O)NCc1ccc(F)cc1)C(=O)C1CCNCC1. The summed E-state index contributed by atoms with van der Waals surface area (Å²) in [5, 5.41) is 6.01. The summed E-state index contributed by atoms with van der Waals surface area (Å²) in [5.41, 5.74) is 0.826. The Morgan fingerprint density at radius 3 is 2.52 bits per heavy atom. The molecular formula is C17H24FN3O2. The van der Waals surface area contributed by atoms with Crippen molar-refractivity contribution in [1.82, 2.24) is 15.5 Å². The van der Waals surface area contributed by atoms with E-state index in [0.29, 0.717) is 13.1 Å². The third kappa shape index (κ3) is 5.32. The second-order valence-electron chi connectivity index (χ2n) is 5.78. The van der Waals surface area contributed by atoms with E-state index in [-0.39, 0.29) is 30.1 Å². The van der Waals surface area contributed by atoms with Crippen molar-refractivity contribution in [3.05, 3.63) is 35.6 Å². The second kappa shape index (κ2) is 8.62. The van der Waals surface area contributed by atoms with Crippen molar-refractivity contribution in [1.29, 1.82) is 0 Å². The van der Waals surface area contributed by atoms with E-state index in [9.17, 15) is 14.0 Å². The van der Waals surface area contributed by atoms with E-state index < -0.39 is 0 Å². The van der Waals surface area contributed by atoms with Crippen molar-refractivity contribution in [3.8, 4) is 0 Å². The summed E-state index contributed by atoms with van der Waals surface area (Å²) in [5.74, 6) is -0.421. The second-order valence-corrected chi connectivity index (χ2v) is 5.78. The quantitative estimate of drug-likeness (QED) is 0.830. The molecular weight excluding hydrogens is 297 g/mol. The molecule has 0 saturated carbocycles. The van der Waals surface area contributed by atoms with Crippen LogP contribution in [0.4, 0.5) is 4.39 Å². The molecule has 0 unspecified atom stereocenters. The molecule has 0 radical (unpaired) electrons. The monoisotopic (exact) mass is 321 g/mol. The summed E-state index contributed by atoms with van der Waals surface area (Å²) < 4.78 is 12.8. The van der Waals surface area contributed by atoms with Gasteiger partial charge in [-0.3, -0.25) is 9.59 Å². The summed E-state index contributed by atoms with van der Waals surface area (Å²) in [6.45, 7) is 4.51. The highest BCUT2D eigenvalue weighted by Crippen LogP contribution is 2.15. The molecule has 1 heterocycles. The van der Waals surface area contributed by atoms with E-state index in [2.05, 4.69) is 10.6 Å². The van der Waals surface area contributed by atoms with Crippen LogP contribution >= 0.6 is 0 Å². The van der Waals surface area contributed by atoms with Gasteiger partial charge in [0.15, 0.2) is 0 Å². The molecule has 2 N–H and O–H groups in total. The molecule has 1 aliphatic heterocycles. The molecule has 1 aliphatic rings. The number of carbonyl (C=O) groups is 2. The first-order chi connectivity index (χ1) is 11.1. The highest BCUT2D eigenvalue weighted by Gasteiger charge is 2.26. The highest BCUT2D eigenvalue weighted by atomic mass is 19.1. The first-order valence-electron chi connectivity index (χ1n) is 8.10. The molecule has 1 aromatic rings. The average molecular weight is 321 g/mol. The molecule has 0 spiro atoms. The zero-order valence-corrected chi connectivity index (χ0v) is 13.5. The van der Waals surface area contributed by atoms with Crippen molar-refractivity contribution in [3.63, 3.8) is 0 Å². The van der Waals surface area contributed by atoms with E-state index >= 15 is 0 Å². The molecule has 2 rings (SSSR count). The number of nitrogens with one attached hydrogen (secondary N) is 2. The number of carbonyl (C=O) groups excluding carboxylic acids is 2. The predicted molar refractivity (Wildman–Crippen MR) is 86.1 cm³/mol. The fourth-order valence-electron chi connectivity index (χ4n) is 2.70. The van der Waals surface area contributed by atoms with Crippen LogP contribution in [-0.4, -0.2) is 42.9 Å². The standard InChI is InChI=1S/C17H24FN3O2/c1-2-21(17(23)14-7-9-19-10-8-14)12-16(22)20-11-13-3-5-15(18)6-4-13/h3-6,14,19H,2,7-12H2,1H3,(H,20,22). The molecule has 0 bridgehead atoms. The fourth-order valence-corrected chi connectivity index (χ4v) is 2.70. The maximum absolute atomic E-state index is 12.8. The van der Waals surface area contributed by atoms with Crippen molar-refractivity contribution < 1.29 is 14.0 Å². The van der Waals surface area contributed by atoms with E-state index in [1.807, 2.05) is 6.92 Å². The van der Waals surface area contributed by atoms with Crippen LogP contribution in [0.2, 0.25) is 0 Å². The lowest BCUT2D eigenvalue weighted by Gasteiger charge is -2.28. The first-order valence-corrected chi connectivity index (χ1v) is 8.10. The number of benzene rings is 1. The minimum Gasteiger partial charge on any atom is -0.350 e. The van der Waals surface area contributed by atoms with Gasteiger partial charge in [0.05, 0.1) is 6.54 Å². The van der Waals surface area contributed by atoms with E-state index in [4.69, 9.17) is 0 Å². The van der Waals surface area contributed by atoms with Crippen molar-refractivity contribution in [2.45, 2.75) is 26.3 Å². The van der Waals surface area contributed by atoms with Crippen LogP contribution in [0.3, 0.4) is 0 Å². The Labute approximate surface area is 136 Å². The maximum Gasteiger partial charge on any atom is 0.239 e. The van der Waals surface area contributed by atoms with Gasteiger partial charge in [-0.25, -0.2) is 4.39 Å². The molecule has 1 aromatic carbocycles. The summed E-state index contributed by atoms with van der Waals surface area (Å²) in [4.78, 5) is 26.1. The molecule has 0 atom stereocenters. The van der Waals surface area contributed by atoms with Crippen molar-refractivity contribution >= 4 is 11.8 Å². The van der Waals surface area contributed by atoms with Crippen LogP contribution in [0.5, 0.6) is 0 Å². The molecule has 6 heteroatoms. The number of likely N-dealkylation sites (N-methyl/N-ethyl adjacent to an activating group) is 1. The van der Waals surface area contributed by atoms with Crippen LogP contribution in [0.25, 0.3) is 0 Å². The van der Waals surface area contributed by atoms with Gasteiger partial charge in [-0.1, -0.05) is 12.1 Å². The smallest absolute Gasteiger partial charge is 0.239 e. The Morgan fingerprint density at radius 1 is 1.26 bits per heavy atom. The number of nitrogens with zero attached hydrogens (tertiary/aromatic N) is 1. The Kier molecular flexibility index (Phi) is 6.52. The van der Waals surface area contributed by atoms with Gasteiger partial charge in [0, 0.05) is 19.0 Å². The van der Waals surface area contributed by atoms with Crippen LogP contribution < -0.4 is 10.6 Å². The molecule has 2 amide bonds. The number of amides is 2. The first kappa shape index (κ1) is 17.4. The third-order valence-corrected chi connectivity index (χ3v) is 4.12. The van der Waals surface area contributed by atoms with Gasteiger partial charge in [0.1, 0.15) is 5.82 Å². The lowest BCUT2D eigenvalue weighted by atomic mass is 9.96. The van der Waals surface area contributed by atoms with Crippen LogP contribution in [-0.2, 0) is 16.1 Å². The average Bonchev–Trinajstić information content (AvgIpc) is 2.59. The minimum atomic E-state index is -0.301. The summed E-state index contributed by atoms with van der Waals surface area (Å²) >= 11 is 0. The van der Waals surface area contributed by atoms with Gasteiger partial charge in [-0.2, -0.15) is 0 Å². The normalized spacial score (nSPS) is 15.2. The molecule has 0 aromatic heterocycles. The van der Waals surface area contributed by atoms with Gasteiger partial charge in [-0.15, -0.1) is 0 Å². The topological polar surface area (TPSA) is 61.4 Å². The number of rotatable bonds is 6. The Hall–Kier alpha value is -1.95. The van der Waals surface area contributed by atoms with Crippen LogP contribution in [0, 0.1) is 11.7 Å². The zero-order chi connectivity index (χ0) is 16.7. The van der Waals surface area contributed by atoms with Gasteiger partial charge in [-0.05, 0) is 50.6 Å². The molecule has 5 nitrogen and oxygen atoms in total. The lowest BCUT2D eigenvalue weighted by molar-refractivity contribution is -0.140. The number of hydrogen-bond donors (Lipinski definition) is 2. The third-order valence-electron chi connectivity index (χ3n) is 4.12. The van der Waals surface area contributed by atoms with E-state index in [0.717, 1.165) is 31.5 Å². The minimum absolute atomic E-state index is 0.0149. The Morgan fingerprint density at radius 2 is 1.91 bits per heavy atom. The molecule has 1 saturated heterocycles. The molecule has 1 fully saturated rings. The molecule has 0 aliphatic carbocycles. The number of hydrogen-bond acceptors (Lipinski definition) is 3. The number of halogens is 1. The van der Waals surface area contributed by atoms with Gasteiger partial charge in [0.2, 0.25) is 11.8 Å². The van der Waals surface area contributed by atoms with E-state index in [1.54, 1.807) is 17.0 Å². The van der Waals surface area contributed by atoms with Gasteiger partial charge >= 0.3 is 0 Å². The van der Waals surface area contributed by atoms with Crippen LogP contribution in [0.15, 0.2) is 24.3 Å². The Bertz CT molecular complexity index is 527. The highest BCUT2D eigenvalue weighted by molar-refractivity contribution is 5.86. The predicted octanol–water partition coefficient (Wildman–Crippen LogP) is 1.29. The zero-order valence-electron chi connectivity index (χ0n) is 13.5. The van der Waals surface area contributed by atoms with Crippen LogP contribution in [0.1, 0.15) is 25.3 Å². The molecule has 126 valence electrons. The van der Waals surface area contributed by atoms with E-state index in [1.165, 1.54) is 12.1 Å².